The van der Waals surface area contributed by atoms with Crippen LogP contribution in [0.1, 0.15) is 65.2 Å². The van der Waals surface area contributed by atoms with Crippen LogP contribution >= 0.6 is 0 Å². The molecule has 22 heavy (non-hydrogen) atoms. The van der Waals surface area contributed by atoms with Crippen LogP contribution < -0.4 is 10.6 Å². The molecular formula is C17H30N2O3. The fourth-order valence-corrected chi connectivity index (χ4v) is 4.01. The maximum absolute atomic E-state index is 12.1. The molecule has 2 fully saturated rings. The van der Waals surface area contributed by atoms with Crippen LogP contribution in [0.5, 0.6) is 0 Å². The first-order chi connectivity index (χ1) is 10.6. The third-order valence-corrected chi connectivity index (χ3v) is 5.20. The lowest BCUT2D eigenvalue weighted by atomic mass is 9.55. The highest BCUT2D eigenvalue weighted by atomic mass is 16.5. The summed E-state index contributed by atoms with van der Waals surface area (Å²) >= 11 is 0. The van der Waals surface area contributed by atoms with E-state index in [0.29, 0.717) is 6.42 Å². The number of amides is 2. The molecule has 5 heteroatoms. The van der Waals surface area contributed by atoms with Gasteiger partial charge in [-0.05, 0) is 32.6 Å². The Morgan fingerprint density at radius 2 is 1.86 bits per heavy atom. The van der Waals surface area contributed by atoms with Crippen molar-refractivity contribution in [3.8, 4) is 0 Å². The largest absolute Gasteiger partial charge is 0.378 e. The number of rotatable bonds is 7. The lowest BCUT2D eigenvalue weighted by Gasteiger charge is -2.57. The van der Waals surface area contributed by atoms with Crippen molar-refractivity contribution in [2.24, 2.45) is 5.41 Å². The first-order valence-corrected chi connectivity index (χ1v) is 8.80. The minimum absolute atomic E-state index is 0.0502. The van der Waals surface area contributed by atoms with Crippen molar-refractivity contribution in [1.29, 1.82) is 0 Å². The zero-order chi connectivity index (χ0) is 16.0. The predicted octanol–water partition coefficient (Wildman–Crippen LogP) is 2.15. The van der Waals surface area contributed by atoms with Crippen molar-refractivity contribution in [3.05, 3.63) is 0 Å². The van der Waals surface area contributed by atoms with E-state index in [9.17, 15) is 9.59 Å². The van der Waals surface area contributed by atoms with E-state index in [2.05, 4.69) is 10.6 Å². The highest BCUT2D eigenvalue weighted by Gasteiger charge is 2.56. The van der Waals surface area contributed by atoms with Gasteiger partial charge in [0.1, 0.15) is 0 Å². The minimum Gasteiger partial charge on any atom is -0.378 e. The first kappa shape index (κ1) is 17.3. The molecule has 0 saturated heterocycles. The van der Waals surface area contributed by atoms with Crippen molar-refractivity contribution in [3.63, 3.8) is 0 Å². The Labute approximate surface area is 133 Å². The number of hydrogen-bond donors (Lipinski definition) is 2. The van der Waals surface area contributed by atoms with Crippen LogP contribution in [0.25, 0.3) is 0 Å². The predicted molar refractivity (Wildman–Crippen MR) is 85.4 cm³/mol. The summed E-state index contributed by atoms with van der Waals surface area (Å²) in [6.45, 7) is 4.81. The molecule has 0 aromatic heterocycles. The number of carbonyl (C=O) groups excluding carboxylic acids is 2. The fraction of sp³-hybridized carbons (Fsp3) is 0.882. The highest BCUT2D eigenvalue weighted by Crippen LogP contribution is 2.53. The van der Waals surface area contributed by atoms with Crippen LogP contribution in [0, 0.1) is 5.41 Å². The van der Waals surface area contributed by atoms with Crippen LogP contribution in [0.2, 0.25) is 0 Å². The smallest absolute Gasteiger partial charge is 0.239 e. The van der Waals surface area contributed by atoms with Gasteiger partial charge in [-0.1, -0.05) is 26.2 Å². The van der Waals surface area contributed by atoms with E-state index in [4.69, 9.17) is 4.74 Å². The highest BCUT2D eigenvalue weighted by molar-refractivity contribution is 5.84. The van der Waals surface area contributed by atoms with Crippen molar-refractivity contribution < 1.29 is 14.3 Å². The maximum atomic E-state index is 12.1. The van der Waals surface area contributed by atoms with Crippen molar-refractivity contribution in [2.75, 3.05) is 13.2 Å². The quantitative estimate of drug-likeness (QED) is 0.757. The van der Waals surface area contributed by atoms with Gasteiger partial charge in [-0.15, -0.1) is 0 Å². The maximum Gasteiger partial charge on any atom is 0.239 e. The Kier molecular flexibility index (Phi) is 6.24. The van der Waals surface area contributed by atoms with Crippen LogP contribution in [0.3, 0.4) is 0 Å². The van der Waals surface area contributed by atoms with E-state index in [1.54, 1.807) is 0 Å². The van der Waals surface area contributed by atoms with Gasteiger partial charge in [0.25, 0.3) is 0 Å². The standard InChI is InChI=1S/C17H30N2O3/c1-3-8-15(20)18-12-16(21)19-13-11-14(22-4-2)17(13)9-6-5-7-10-17/h13-14H,3-12H2,1-2H3,(H,18,20)(H,19,21)/t13-,14+/m0/s1. The Bertz CT molecular complexity index is 391. The Balaban J connectivity index is 1.83. The molecule has 0 heterocycles. The molecule has 0 aromatic carbocycles. The summed E-state index contributed by atoms with van der Waals surface area (Å²) in [6, 6.07) is 0.208. The number of hydrogen-bond acceptors (Lipinski definition) is 3. The lowest BCUT2D eigenvalue weighted by Crippen LogP contribution is -2.66. The summed E-state index contributed by atoms with van der Waals surface area (Å²) in [5.41, 5.74) is 0.136. The second-order valence-electron chi connectivity index (χ2n) is 6.62. The molecule has 2 saturated carbocycles. The molecule has 0 unspecified atom stereocenters. The minimum atomic E-state index is -0.0747. The molecule has 2 aliphatic carbocycles. The van der Waals surface area contributed by atoms with Gasteiger partial charge in [0.05, 0.1) is 12.6 Å². The van der Waals surface area contributed by atoms with Crippen LogP contribution in [-0.4, -0.2) is 37.1 Å². The molecule has 2 rings (SSSR count). The van der Waals surface area contributed by atoms with Crippen molar-refractivity contribution in [1.82, 2.24) is 10.6 Å². The van der Waals surface area contributed by atoms with Crippen molar-refractivity contribution in [2.45, 2.75) is 77.4 Å². The van der Waals surface area contributed by atoms with Gasteiger partial charge in [-0.25, -0.2) is 0 Å². The third kappa shape index (κ3) is 3.80. The van der Waals surface area contributed by atoms with Gasteiger partial charge >= 0.3 is 0 Å². The van der Waals surface area contributed by atoms with Crippen molar-refractivity contribution >= 4 is 11.8 Å². The molecule has 0 radical (unpaired) electrons. The lowest BCUT2D eigenvalue weighted by molar-refractivity contribution is -0.156. The van der Waals surface area contributed by atoms with E-state index >= 15 is 0 Å². The second-order valence-corrected chi connectivity index (χ2v) is 6.62. The fourth-order valence-electron chi connectivity index (χ4n) is 4.01. The Morgan fingerprint density at radius 3 is 2.50 bits per heavy atom. The van der Waals surface area contributed by atoms with Gasteiger partial charge < -0.3 is 15.4 Å². The van der Waals surface area contributed by atoms with Gasteiger partial charge in [0.15, 0.2) is 0 Å². The molecule has 2 atom stereocenters. The average molecular weight is 310 g/mol. The van der Waals surface area contributed by atoms with E-state index in [1.165, 1.54) is 19.3 Å². The van der Waals surface area contributed by atoms with Gasteiger partial charge in [0.2, 0.25) is 11.8 Å². The molecule has 0 aliphatic heterocycles. The molecule has 1 spiro atoms. The number of ether oxygens (including phenoxy) is 1. The zero-order valence-corrected chi connectivity index (χ0v) is 14.0. The normalized spacial score (nSPS) is 26.3. The summed E-state index contributed by atoms with van der Waals surface area (Å²) in [6.07, 6.45) is 8.50. The Hall–Kier alpha value is -1.10. The van der Waals surface area contributed by atoms with E-state index in [-0.39, 0.29) is 35.9 Å². The summed E-state index contributed by atoms with van der Waals surface area (Å²) < 4.78 is 5.89. The molecular weight excluding hydrogens is 280 g/mol. The molecule has 5 nitrogen and oxygen atoms in total. The summed E-state index contributed by atoms with van der Waals surface area (Å²) in [5.74, 6) is -0.125. The summed E-state index contributed by atoms with van der Waals surface area (Å²) in [7, 11) is 0. The summed E-state index contributed by atoms with van der Waals surface area (Å²) in [5, 5.41) is 5.81. The SMILES string of the molecule is CCCC(=O)NCC(=O)N[C@H]1C[C@@H](OCC)C12CCCCC2. The molecule has 2 amide bonds. The second kappa shape index (κ2) is 7.95. The summed E-state index contributed by atoms with van der Waals surface area (Å²) in [4.78, 5) is 23.5. The van der Waals surface area contributed by atoms with Crippen LogP contribution in [-0.2, 0) is 14.3 Å². The number of carbonyl (C=O) groups is 2. The van der Waals surface area contributed by atoms with E-state index in [0.717, 1.165) is 32.3 Å². The van der Waals surface area contributed by atoms with E-state index < -0.39 is 0 Å². The Morgan fingerprint density at radius 1 is 1.14 bits per heavy atom. The zero-order valence-electron chi connectivity index (χ0n) is 14.0. The van der Waals surface area contributed by atoms with Gasteiger partial charge in [-0.2, -0.15) is 0 Å². The molecule has 0 aromatic rings. The van der Waals surface area contributed by atoms with Gasteiger partial charge in [0, 0.05) is 24.5 Å². The topological polar surface area (TPSA) is 67.4 Å². The molecule has 0 bridgehead atoms. The number of nitrogens with one attached hydrogen (secondary N) is 2. The van der Waals surface area contributed by atoms with Crippen LogP contribution in [0.4, 0.5) is 0 Å². The molecule has 2 N–H and O–H groups in total. The van der Waals surface area contributed by atoms with Gasteiger partial charge in [-0.3, -0.25) is 9.59 Å². The van der Waals surface area contributed by atoms with Crippen LogP contribution in [0.15, 0.2) is 0 Å². The average Bonchev–Trinajstić information content (AvgIpc) is 2.53. The third-order valence-electron chi connectivity index (χ3n) is 5.20. The van der Waals surface area contributed by atoms with E-state index in [1.807, 2.05) is 13.8 Å². The molecule has 2 aliphatic rings. The first-order valence-electron chi connectivity index (χ1n) is 8.80. The monoisotopic (exact) mass is 310 g/mol. The molecule has 126 valence electrons.